The van der Waals surface area contributed by atoms with Crippen LogP contribution in [0, 0.1) is 6.92 Å². The van der Waals surface area contributed by atoms with E-state index in [1.165, 1.54) is 11.1 Å². The Hall–Kier alpha value is -3.38. The minimum absolute atomic E-state index is 0. The van der Waals surface area contributed by atoms with Gasteiger partial charge in [-0.05, 0) is 109 Å². The maximum Gasteiger partial charge on any atom is 0.213 e. The maximum absolute atomic E-state index is 12.5. The number of likely N-dealkylation sites (tertiary alicyclic amines) is 1. The summed E-state index contributed by atoms with van der Waals surface area (Å²) in [6.45, 7) is 6.99. The van der Waals surface area contributed by atoms with E-state index in [0.717, 1.165) is 78.9 Å². The molecule has 1 atom stereocenters. The van der Waals surface area contributed by atoms with Crippen molar-refractivity contribution in [2.75, 3.05) is 32.9 Å². The van der Waals surface area contributed by atoms with Gasteiger partial charge < -0.3 is 14.6 Å². The summed E-state index contributed by atoms with van der Waals surface area (Å²) < 4.78 is 24.5. The molecule has 0 unspecified atom stereocenters. The molecule has 5 rings (SSSR count). The van der Waals surface area contributed by atoms with Gasteiger partial charge in [-0.2, -0.15) is 0 Å². The zero-order chi connectivity index (χ0) is 26.5. The number of hydrogen-bond acceptors (Lipinski definition) is 5. The van der Waals surface area contributed by atoms with Gasteiger partial charge in [0.1, 0.15) is 17.6 Å². The molecule has 6 heteroatoms. The number of pyridine rings is 1. The van der Waals surface area contributed by atoms with Crippen LogP contribution in [-0.2, 0) is 6.42 Å². The molecule has 1 aliphatic carbocycles. The summed E-state index contributed by atoms with van der Waals surface area (Å²) >= 11 is 0. The molecule has 1 fully saturated rings. The van der Waals surface area contributed by atoms with Crippen molar-refractivity contribution in [3.8, 4) is 17.4 Å². The standard InChI is InChI=1S/C32H37FN2O3.CH4/c1-3-37-31-18-22(2)30(20-34-31)29-7-4-6-24-19-25(36)10-13-28(24)32(29)23-8-11-26(12-9-23)38-27-14-17-35(21-27)16-5-15-33;/h8-13,18-20,27,36H,3-7,14-17,21H2,1-2H3;1H4/t27-;/m0./s1. The highest BCUT2D eigenvalue weighted by molar-refractivity contribution is 6.00. The quantitative estimate of drug-likeness (QED) is 0.315. The van der Waals surface area contributed by atoms with Crippen LogP contribution in [0.25, 0.3) is 11.1 Å². The van der Waals surface area contributed by atoms with E-state index in [1.807, 2.05) is 31.3 Å². The number of phenols is 1. The number of fused-ring (bicyclic) bond motifs is 1. The number of allylic oxidation sites excluding steroid dienone is 1. The lowest BCUT2D eigenvalue weighted by Gasteiger charge is -2.19. The Morgan fingerprint density at radius 2 is 1.90 bits per heavy atom. The summed E-state index contributed by atoms with van der Waals surface area (Å²) in [7, 11) is 0. The van der Waals surface area contributed by atoms with E-state index in [1.54, 1.807) is 6.07 Å². The molecule has 0 amide bonds. The second-order valence-electron chi connectivity index (χ2n) is 10.2. The fourth-order valence-electron chi connectivity index (χ4n) is 5.72. The van der Waals surface area contributed by atoms with Gasteiger partial charge in [0.05, 0.1) is 13.3 Å². The van der Waals surface area contributed by atoms with E-state index in [2.05, 4.69) is 41.1 Å². The second-order valence-corrected chi connectivity index (χ2v) is 10.2. The number of aromatic hydroxyl groups is 1. The Balaban J connectivity index is 0.00000353. The van der Waals surface area contributed by atoms with Gasteiger partial charge in [0.25, 0.3) is 0 Å². The molecule has 1 aliphatic heterocycles. The van der Waals surface area contributed by atoms with Gasteiger partial charge in [0.2, 0.25) is 5.88 Å². The van der Waals surface area contributed by atoms with Crippen molar-refractivity contribution in [3.05, 3.63) is 82.5 Å². The minimum Gasteiger partial charge on any atom is -0.508 e. The molecule has 2 aliphatic rings. The number of hydrogen-bond donors (Lipinski definition) is 1. The van der Waals surface area contributed by atoms with E-state index < -0.39 is 0 Å². The molecule has 1 N–H and O–H groups in total. The zero-order valence-electron chi connectivity index (χ0n) is 22.4. The molecular weight excluding hydrogens is 491 g/mol. The van der Waals surface area contributed by atoms with Crippen molar-refractivity contribution >= 4 is 11.1 Å². The summed E-state index contributed by atoms with van der Waals surface area (Å²) in [6.07, 6.45) is 6.43. The molecule has 3 aromatic rings. The van der Waals surface area contributed by atoms with Crippen LogP contribution >= 0.6 is 0 Å². The van der Waals surface area contributed by atoms with Crippen molar-refractivity contribution in [2.24, 2.45) is 0 Å². The van der Waals surface area contributed by atoms with E-state index in [9.17, 15) is 9.50 Å². The highest BCUT2D eigenvalue weighted by atomic mass is 19.1. The SMILES string of the molecule is C.CCOc1cc(C)c(C2=C(c3ccc(O[C@H]4CCN(CCCF)C4)cc3)c3ccc(O)cc3CCC2)cn1. The first kappa shape index (κ1) is 28.6. The lowest BCUT2D eigenvalue weighted by molar-refractivity contribution is 0.198. The maximum atomic E-state index is 12.5. The first-order valence-electron chi connectivity index (χ1n) is 13.8. The first-order valence-corrected chi connectivity index (χ1v) is 13.8. The average Bonchev–Trinajstić information content (AvgIpc) is 3.27. The third-order valence-corrected chi connectivity index (χ3v) is 7.52. The lowest BCUT2D eigenvalue weighted by Crippen LogP contribution is -2.26. The predicted octanol–water partition coefficient (Wildman–Crippen LogP) is 7.24. The molecular formula is C33H41FN2O3. The van der Waals surface area contributed by atoms with Crippen LogP contribution in [0.15, 0.2) is 54.7 Å². The summed E-state index contributed by atoms with van der Waals surface area (Å²) in [5, 5.41) is 10.2. The minimum atomic E-state index is -0.268. The highest BCUT2D eigenvalue weighted by Crippen LogP contribution is 2.42. The predicted molar refractivity (Wildman–Crippen MR) is 156 cm³/mol. The number of ether oxygens (including phenoxy) is 2. The largest absolute Gasteiger partial charge is 0.508 e. The molecule has 0 bridgehead atoms. The third-order valence-electron chi connectivity index (χ3n) is 7.52. The zero-order valence-corrected chi connectivity index (χ0v) is 22.4. The topological polar surface area (TPSA) is 54.8 Å². The van der Waals surface area contributed by atoms with Gasteiger partial charge >= 0.3 is 0 Å². The Labute approximate surface area is 232 Å². The van der Waals surface area contributed by atoms with Crippen LogP contribution in [0.2, 0.25) is 0 Å². The Bertz CT molecular complexity index is 1290. The Morgan fingerprint density at radius 1 is 1.08 bits per heavy atom. The number of nitrogens with zero attached hydrogens (tertiary/aromatic N) is 2. The van der Waals surface area contributed by atoms with E-state index in [4.69, 9.17) is 9.47 Å². The van der Waals surface area contributed by atoms with Gasteiger partial charge in [0.15, 0.2) is 0 Å². The van der Waals surface area contributed by atoms with Gasteiger partial charge in [-0.3, -0.25) is 9.29 Å². The smallest absolute Gasteiger partial charge is 0.213 e. The number of aryl methyl sites for hydroxylation is 2. The van der Waals surface area contributed by atoms with E-state index in [-0.39, 0.29) is 20.2 Å². The average molecular weight is 533 g/mol. The number of phenolic OH excluding ortho intramolecular Hbond substituents is 1. The van der Waals surface area contributed by atoms with Crippen molar-refractivity contribution in [1.29, 1.82) is 0 Å². The summed E-state index contributed by atoms with van der Waals surface area (Å²) in [6, 6.07) is 16.1. The lowest BCUT2D eigenvalue weighted by atomic mass is 9.87. The molecule has 0 radical (unpaired) electrons. The fraction of sp³-hybridized carbons (Fsp3) is 0.424. The van der Waals surface area contributed by atoms with Gasteiger partial charge in [-0.15, -0.1) is 0 Å². The second kappa shape index (κ2) is 13.1. The van der Waals surface area contributed by atoms with Gasteiger partial charge in [-0.1, -0.05) is 25.6 Å². The van der Waals surface area contributed by atoms with Crippen molar-refractivity contribution in [3.63, 3.8) is 0 Å². The molecule has 2 heterocycles. The molecule has 5 nitrogen and oxygen atoms in total. The van der Waals surface area contributed by atoms with Crippen LogP contribution < -0.4 is 9.47 Å². The number of rotatable bonds is 9. The fourth-order valence-corrected chi connectivity index (χ4v) is 5.72. The van der Waals surface area contributed by atoms with Gasteiger partial charge in [0, 0.05) is 31.9 Å². The normalized spacial score (nSPS) is 17.4. The molecule has 1 saturated heterocycles. The van der Waals surface area contributed by atoms with Crippen LogP contribution in [0.4, 0.5) is 4.39 Å². The number of alkyl halides is 1. The van der Waals surface area contributed by atoms with Crippen LogP contribution in [0.1, 0.15) is 67.9 Å². The molecule has 208 valence electrons. The number of benzene rings is 2. The molecule has 2 aromatic carbocycles. The summed E-state index contributed by atoms with van der Waals surface area (Å²) in [5.74, 6) is 1.80. The molecule has 1 aromatic heterocycles. The Kier molecular flexibility index (Phi) is 9.63. The van der Waals surface area contributed by atoms with Crippen LogP contribution in [0.5, 0.6) is 17.4 Å². The molecule has 0 saturated carbocycles. The summed E-state index contributed by atoms with van der Waals surface area (Å²) in [4.78, 5) is 6.87. The van der Waals surface area contributed by atoms with Crippen LogP contribution in [-0.4, -0.2) is 54.0 Å². The van der Waals surface area contributed by atoms with Crippen molar-refractivity contribution in [1.82, 2.24) is 9.88 Å². The number of halogens is 1. The molecule has 39 heavy (non-hydrogen) atoms. The van der Waals surface area contributed by atoms with Crippen molar-refractivity contribution < 1.29 is 19.0 Å². The summed E-state index contributed by atoms with van der Waals surface area (Å²) in [5.41, 5.74) is 8.13. The number of aromatic nitrogens is 1. The first-order chi connectivity index (χ1) is 18.6. The Morgan fingerprint density at radius 3 is 2.64 bits per heavy atom. The van der Waals surface area contributed by atoms with Crippen molar-refractivity contribution in [2.45, 2.75) is 59.5 Å². The van der Waals surface area contributed by atoms with Gasteiger partial charge in [-0.25, -0.2) is 4.98 Å². The highest BCUT2D eigenvalue weighted by Gasteiger charge is 2.25. The van der Waals surface area contributed by atoms with E-state index >= 15 is 0 Å². The van der Waals surface area contributed by atoms with Crippen LogP contribution in [0.3, 0.4) is 0 Å². The van der Waals surface area contributed by atoms with E-state index in [0.29, 0.717) is 24.7 Å². The molecule has 0 spiro atoms. The monoisotopic (exact) mass is 532 g/mol. The third kappa shape index (κ3) is 6.62.